The number of nitrogens with two attached hydrogens (primary N) is 1. The van der Waals surface area contributed by atoms with Gasteiger partial charge in [0.25, 0.3) is 0 Å². The van der Waals surface area contributed by atoms with E-state index >= 15 is 0 Å². The molecule has 5 heteroatoms. The van der Waals surface area contributed by atoms with E-state index in [4.69, 9.17) is 17.3 Å². The SMILES string of the molecule is CNCc1cc(O)ccc1Sc1ccc(Cl)cc1N. The first kappa shape index (κ1) is 14.1. The molecular weight excluding hydrogens is 280 g/mol. The number of aromatic hydroxyl groups is 1. The molecule has 0 aromatic heterocycles. The summed E-state index contributed by atoms with van der Waals surface area (Å²) in [6.07, 6.45) is 0. The van der Waals surface area contributed by atoms with Crippen molar-refractivity contribution in [2.24, 2.45) is 0 Å². The highest BCUT2D eigenvalue weighted by atomic mass is 35.5. The van der Waals surface area contributed by atoms with E-state index in [1.165, 1.54) is 0 Å². The van der Waals surface area contributed by atoms with Gasteiger partial charge in [0.2, 0.25) is 0 Å². The molecule has 100 valence electrons. The summed E-state index contributed by atoms with van der Waals surface area (Å²) >= 11 is 7.45. The second-order valence-electron chi connectivity index (χ2n) is 4.11. The number of phenols is 1. The molecule has 0 atom stereocenters. The number of hydrogen-bond acceptors (Lipinski definition) is 4. The lowest BCUT2D eigenvalue weighted by atomic mass is 10.2. The number of phenolic OH excluding ortho intramolecular Hbond substituents is 1. The van der Waals surface area contributed by atoms with Gasteiger partial charge in [0.15, 0.2) is 0 Å². The number of nitrogen functional groups attached to an aromatic ring is 1. The van der Waals surface area contributed by atoms with E-state index in [1.54, 1.807) is 30.0 Å². The maximum atomic E-state index is 9.54. The molecule has 0 fully saturated rings. The Kier molecular flexibility index (Phi) is 4.58. The third kappa shape index (κ3) is 3.56. The zero-order chi connectivity index (χ0) is 13.8. The van der Waals surface area contributed by atoms with Crippen LogP contribution in [0.15, 0.2) is 46.2 Å². The highest BCUT2D eigenvalue weighted by molar-refractivity contribution is 7.99. The number of hydrogen-bond donors (Lipinski definition) is 3. The molecule has 0 spiro atoms. The Bertz CT molecular complexity index is 590. The fourth-order valence-electron chi connectivity index (χ4n) is 1.72. The predicted molar refractivity (Wildman–Crippen MR) is 80.9 cm³/mol. The Morgan fingerprint density at radius 3 is 2.63 bits per heavy atom. The van der Waals surface area contributed by atoms with Crippen molar-refractivity contribution in [3.8, 4) is 5.75 Å². The van der Waals surface area contributed by atoms with Crippen molar-refractivity contribution < 1.29 is 5.11 Å². The summed E-state index contributed by atoms with van der Waals surface area (Å²) in [4.78, 5) is 2.01. The highest BCUT2D eigenvalue weighted by Gasteiger charge is 2.08. The van der Waals surface area contributed by atoms with Crippen LogP contribution in [-0.4, -0.2) is 12.2 Å². The van der Waals surface area contributed by atoms with E-state index in [9.17, 15) is 5.11 Å². The van der Waals surface area contributed by atoms with Crippen LogP contribution in [0.1, 0.15) is 5.56 Å². The minimum atomic E-state index is 0.263. The van der Waals surface area contributed by atoms with Gasteiger partial charge in [-0.15, -0.1) is 0 Å². The van der Waals surface area contributed by atoms with Gasteiger partial charge in [-0.1, -0.05) is 23.4 Å². The average molecular weight is 295 g/mol. The molecule has 0 amide bonds. The molecule has 0 saturated heterocycles. The smallest absolute Gasteiger partial charge is 0.115 e. The van der Waals surface area contributed by atoms with Crippen LogP contribution in [0.4, 0.5) is 5.69 Å². The van der Waals surface area contributed by atoms with Crippen molar-refractivity contribution >= 4 is 29.1 Å². The molecule has 4 N–H and O–H groups in total. The summed E-state index contributed by atoms with van der Waals surface area (Å²) in [5.41, 5.74) is 7.64. The maximum absolute atomic E-state index is 9.54. The van der Waals surface area contributed by atoms with Crippen LogP contribution in [0.3, 0.4) is 0 Å². The number of benzene rings is 2. The lowest BCUT2D eigenvalue weighted by Gasteiger charge is -2.11. The van der Waals surface area contributed by atoms with Crippen molar-refractivity contribution in [1.29, 1.82) is 0 Å². The molecule has 0 aliphatic carbocycles. The molecule has 0 bridgehead atoms. The van der Waals surface area contributed by atoms with Crippen LogP contribution in [0.2, 0.25) is 5.02 Å². The summed E-state index contributed by atoms with van der Waals surface area (Å²) in [7, 11) is 1.87. The average Bonchev–Trinajstić information content (AvgIpc) is 2.36. The van der Waals surface area contributed by atoms with Crippen LogP contribution in [0.25, 0.3) is 0 Å². The van der Waals surface area contributed by atoms with Gasteiger partial charge >= 0.3 is 0 Å². The Morgan fingerprint density at radius 1 is 1.21 bits per heavy atom. The van der Waals surface area contributed by atoms with Crippen molar-refractivity contribution in [2.45, 2.75) is 16.3 Å². The van der Waals surface area contributed by atoms with Crippen LogP contribution < -0.4 is 11.1 Å². The minimum absolute atomic E-state index is 0.263. The van der Waals surface area contributed by atoms with Gasteiger partial charge < -0.3 is 16.2 Å². The van der Waals surface area contributed by atoms with Crippen LogP contribution in [-0.2, 0) is 6.54 Å². The first-order valence-electron chi connectivity index (χ1n) is 5.79. The molecule has 2 aromatic carbocycles. The fourth-order valence-corrected chi connectivity index (χ4v) is 2.85. The van der Waals surface area contributed by atoms with Gasteiger partial charge in [-0.3, -0.25) is 0 Å². The van der Waals surface area contributed by atoms with Crippen molar-refractivity contribution in [2.75, 3.05) is 12.8 Å². The Labute approximate surface area is 121 Å². The Morgan fingerprint density at radius 2 is 1.95 bits per heavy atom. The normalized spacial score (nSPS) is 10.6. The van der Waals surface area contributed by atoms with Gasteiger partial charge in [-0.25, -0.2) is 0 Å². The zero-order valence-corrected chi connectivity index (χ0v) is 12.1. The molecule has 0 aliphatic heterocycles. The minimum Gasteiger partial charge on any atom is -0.508 e. The third-order valence-electron chi connectivity index (χ3n) is 2.60. The van der Waals surface area contributed by atoms with Gasteiger partial charge in [0.05, 0.1) is 0 Å². The summed E-state index contributed by atoms with van der Waals surface area (Å²) in [6.45, 7) is 0.685. The molecule has 3 nitrogen and oxygen atoms in total. The monoisotopic (exact) mass is 294 g/mol. The number of rotatable bonds is 4. The van der Waals surface area contributed by atoms with E-state index in [1.807, 2.05) is 25.2 Å². The lowest BCUT2D eigenvalue weighted by molar-refractivity contribution is 0.473. The first-order chi connectivity index (χ1) is 9.10. The standard InChI is InChI=1S/C14H15ClN2OS/c1-17-8-9-6-11(18)3-5-13(9)19-14-4-2-10(15)7-12(14)16/h2-7,17-18H,8,16H2,1H3. The van der Waals surface area contributed by atoms with E-state index in [2.05, 4.69) is 5.32 Å². The summed E-state index contributed by atoms with van der Waals surface area (Å²) in [5.74, 6) is 0.263. The molecule has 0 heterocycles. The number of nitrogens with one attached hydrogen (secondary N) is 1. The molecule has 2 rings (SSSR count). The molecule has 0 saturated carbocycles. The number of halogens is 1. The zero-order valence-electron chi connectivity index (χ0n) is 10.5. The highest BCUT2D eigenvalue weighted by Crippen LogP contribution is 2.36. The van der Waals surface area contributed by atoms with E-state index in [0.29, 0.717) is 17.3 Å². The van der Waals surface area contributed by atoms with Gasteiger partial charge in [0, 0.05) is 27.0 Å². The van der Waals surface area contributed by atoms with Crippen molar-refractivity contribution in [3.63, 3.8) is 0 Å². The van der Waals surface area contributed by atoms with Gasteiger partial charge in [0.1, 0.15) is 5.75 Å². The lowest BCUT2D eigenvalue weighted by Crippen LogP contribution is -2.06. The maximum Gasteiger partial charge on any atom is 0.115 e. The second-order valence-corrected chi connectivity index (χ2v) is 5.63. The van der Waals surface area contributed by atoms with E-state index in [0.717, 1.165) is 15.4 Å². The summed E-state index contributed by atoms with van der Waals surface area (Å²) < 4.78 is 0. The van der Waals surface area contributed by atoms with Crippen molar-refractivity contribution in [3.05, 3.63) is 47.0 Å². The van der Waals surface area contributed by atoms with Crippen LogP contribution in [0.5, 0.6) is 5.75 Å². The number of anilines is 1. The molecule has 0 unspecified atom stereocenters. The Balaban J connectivity index is 2.32. The Hall–Kier alpha value is -1.36. The third-order valence-corrected chi connectivity index (χ3v) is 4.05. The van der Waals surface area contributed by atoms with Crippen LogP contribution in [0, 0.1) is 0 Å². The topological polar surface area (TPSA) is 58.3 Å². The van der Waals surface area contributed by atoms with Gasteiger partial charge in [-0.05, 0) is 49.0 Å². The molecular formula is C14H15ClN2OS. The van der Waals surface area contributed by atoms with E-state index in [-0.39, 0.29) is 5.75 Å². The summed E-state index contributed by atoms with van der Waals surface area (Å²) in [6, 6.07) is 10.8. The fraction of sp³-hybridized carbons (Fsp3) is 0.143. The molecule has 0 radical (unpaired) electrons. The predicted octanol–water partition coefficient (Wildman–Crippen LogP) is 3.50. The first-order valence-corrected chi connectivity index (χ1v) is 6.99. The van der Waals surface area contributed by atoms with E-state index < -0.39 is 0 Å². The van der Waals surface area contributed by atoms with Crippen LogP contribution >= 0.6 is 23.4 Å². The molecule has 2 aromatic rings. The second kappa shape index (κ2) is 6.19. The summed E-state index contributed by atoms with van der Waals surface area (Å²) in [5, 5.41) is 13.3. The quantitative estimate of drug-likeness (QED) is 0.756. The largest absolute Gasteiger partial charge is 0.508 e. The van der Waals surface area contributed by atoms with Gasteiger partial charge in [-0.2, -0.15) is 0 Å². The molecule has 0 aliphatic rings. The molecule has 19 heavy (non-hydrogen) atoms. The van der Waals surface area contributed by atoms with Crippen molar-refractivity contribution in [1.82, 2.24) is 5.32 Å².